The van der Waals surface area contributed by atoms with Gasteiger partial charge in [0.15, 0.2) is 0 Å². The Balaban J connectivity index is 1.91. The van der Waals surface area contributed by atoms with E-state index in [4.69, 9.17) is 5.73 Å². The van der Waals surface area contributed by atoms with Crippen molar-refractivity contribution < 1.29 is 4.92 Å². The van der Waals surface area contributed by atoms with Crippen LogP contribution in [0, 0.1) is 16.0 Å². The average Bonchev–Trinajstić information content (AvgIpc) is 2.53. The highest BCUT2D eigenvalue weighted by Crippen LogP contribution is 2.23. The monoisotopic (exact) mass is 284 g/mol. The molecule has 2 atom stereocenters. The lowest BCUT2D eigenvalue weighted by atomic mass is 9.90. The molecular formula is C17H20N2O2. The van der Waals surface area contributed by atoms with Crippen molar-refractivity contribution in [2.75, 3.05) is 0 Å². The van der Waals surface area contributed by atoms with E-state index in [1.165, 1.54) is 0 Å². The second kappa shape index (κ2) is 6.99. The van der Waals surface area contributed by atoms with Crippen molar-refractivity contribution in [3.8, 4) is 0 Å². The first-order valence-electron chi connectivity index (χ1n) is 7.12. The van der Waals surface area contributed by atoms with Gasteiger partial charge >= 0.3 is 0 Å². The van der Waals surface area contributed by atoms with Crippen LogP contribution in [0.1, 0.15) is 30.5 Å². The van der Waals surface area contributed by atoms with Crippen LogP contribution in [0.15, 0.2) is 54.6 Å². The second-order valence-corrected chi connectivity index (χ2v) is 5.38. The van der Waals surface area contributed by atoms with Crippen LogP contribution >= 0.6 is 0 Å². The van der Waals surface area contributed by atoms with Crippen LogP contribution in [0.5, 0.6) is 0 Å². The van der Waals surface area contributed by atoms with Gasteiger partial charge in [-0.05, 0) is 29.9 Å². The molecule has 0 aliphatic rings. The number of aryl methyl sites for hydroxylation is 1. The van der Waals surface area contributed by atoms with Gasteiger partial charge in [0, 0.05) is 18.2 Å². The number of hydrogen-bond acceptors (Lipinski definition) is 3. The Morgan fingerprint density at radius 2 is 1.71 bits per heavy atom. The van der Waals surface area contributed by atoms with Crippen molar-refractivity contribution in [3.05, 3.63) is 75.8 Å². The average molecular weight is 284 g/mol. The van der Waals surface area contributed by atoms with E-state index in [-0.39, 0.29) is 16.7 Å². The minimum absolute atomic E-state index is 0.0178. The second-order valence-electron chi connectivity index (χ2n) is 5.38. The number of nitrogens with two attached hydrogens (primary N) is 1. The number of nitro groups is 1. The van der Waals surface area contributed by atoms with Gasteiger partial charge in [0.25, 0.3) is 5.69 Å². The molecule has 0 saturated carbocycles. The highest BCUT2D eigenvalue weighted by molar-refractivity contribution is 5.33. The Morgan fingerprint density at radius 3 is 2.29 bits per heavy atom. The molecule has 2 unspecified atom stereocenters. The number of nitrogens with zero attached hydrogens (tertiary/aromatic N) is 1. The summed E-state index contributed by atoms with van der Waals surface area (Å²) in [6.45, 7) is 2.14. The fourth-order valence-electron chi connectivity index (χ4n) is 2.36. The summed E-state index contributed by atoms with van der Waals surface area (Å²) in [6.07, 6.45) is 1.83. The van der Waals surface area contributed by atoms with Crippen LogP contribution in [-0.2, 0) is 6.42 Å². The number of rotatable bonds is 6. The van der Waals surface area contributed by atoms with Crippen molar-refractivity contribution in [3.63, 3.8) is 0 Å². The van der Waals surface area contributed by atoms with Gasteiger partial charge in [-0.25, -0.2) is 0 Å². The van der Waals surface area contributed by atoms with E-state index in [2.05, 4.69) is 6.92 Å². The molecule has 2 aromatic rings. The summed E-state index contributed by atoms with van der Waals surface area (Å²) in [5.74, 6) is 0.350. The van der Waals surface area contributed by atoms with Gasteiger partial charge in [-0.2, -0.15) is 0 Å². The first-order valence-corrected chi connectivity index (χ1v) is 7.12. The molecule has 2 rings (SSSR count). The maximum atomic E-state index is 10.6. The lowest BCUT2D eigenvalue weighted by molar-refractivity contribution is -0.384. The molecule has 0 fully saturated rings. The molecule has 110 valence electrons. The molecule has 0 saturated heterocycles. The lowest BCUT2D eigenvalue weighted by Crippen LogP contribution is -2.19. The van der Waals surface area contributed by atoms with Crippen LogP contribution in [0.2, 0.25) is 0 Å². The summed E-state index contributed by atoms with van der Waals surface area (Å²) in [5, 5.41) is 10.6. The van der Waals surface area contributed by atoms with Crippen molar-refractivity contribution in [1.82, 2.24) is 0 Å². The van der Waals surface area contributed by atoms with E-state index < -0.39 is 0 Å². The molecule has 0 heterocycles. The van der Waals surface area contributed by atoms with Gasteiger partial charge in [0.1, 0.15) is 0 Å². The molecule has 0 amide bonds. The fraction of sp³-hybridized carbons (Fsp3) is 0.294. The maximum Gasteiger partial charge on any atom is 0.269 e. The number of benzene rings is 2. The Morgan fingerprint density at radius 1 is 1.10 bits per heavy atom. The third kappa shape index (κ3) is 4.13. The molecule has 0 aliphatic carbocycles. The summed E-state index contributed by atoms with van der Waals surface area (Å²) < 4.78 is 0. The van der Waals surface area contributed by atoms with Gasteiger partial charge in [-0.3, -0.25) is 10.1 Å². The zero-order chi connectivity index (χ0) is 15.2. The van der Waals surface area contributed by atoms with Gasteiger partial charge < -0.3 is 5.73 Å². The molecule has 0 radical (unpaired) electrons. The molecule has 21 heavy (non-hydrogen) atoms. The summed E-state index contributed by atoms with van der Waals surface area (Å²) >= 11 is 0. The number of nitro benzene ring substituents is 1. The SMILES string of the molecule is CC(CCc1ccc([N+](=O)[O-])cc1)C(N)c1ccccc1. The molecule has 0 spiro atoms. The zero-order valence-electron chi connectivity index (χ0n) is 12.1. The van der Waals surface area contributed by atoms with Crippen molar-refractivity contribution in [2.45, 2.75) is 25.8 Å². The van der Waals surface area contributed by atoms with E-state index >= 15 is 0 Å². The normalized spacial score (nSPS) is 13.6. The predicted octanol–water partition coefficient (Wildman–Crippen LogP) is 3.86. The summed E-state index contributed by atoms with van der Waals surface area (Å²) in [5.41, 5.74) is 8.66. The molecular weight excluding hydrogens is 264 g/mol. The van der Waals surface area contributed by atoms with E-state index in [1.807, 2.05) is 42.5 Å². The van der Waals surface area contributed by atoms with Crippen molar-refractivity contribution in [2.24, 2.45) is 11.7 Å². The van der Waals surface area contributed by atoms with E-state index in [9.17, 15) is 10.1 Å². The molecule has 4 nitrogen and oxygen atoms in total. The Kier molecular flexibility index (Phi) is 5.06. The van der Waals surface area contributed by atoms with Crippen LogP contribution < -0.4 is 5.73 Å². The third-order valence-electron chi connectivity index (χ3n) is 3.83. The molecule has 0 bridgehead atoms. The molecule has 0 aromatic heterocycles. The van der Waals surface area contributed by atoms with Gasteiger partial charge in [0.05, 0.1) is 4.92 Å². The van der Waals surface area contributed by atoms with Crippen molar-refractivity contribution in [1.29, 1.82) is 0 Å². The standard InChI is InChI=1S/C17H20N2O2/c1-13(17(18)15-5-3-2-4-6-15)7-8-14-9-11-16(12-10-14)19(20)21/h2-6,9-13,17H,7-8,18H2,1H3. The van der Waals surface area contributed by atoms with Crippen molar-refractivity contribution >= 4 is 5.69 Å². The number of hydrogen-bond donors (Lipinski definition) is 1. The highest BCUT2D eigenvalue weighted by atomic mass is 16.6. The molecule has 4 heteroatoms. The zero-order valence-corrected chi connectivity index (χ0v) is 12.1. The minimum atomic E-state index is -0.377. The van der Waals surface area contributed by atoms with Gasteiger partial charge in [0.2, 0.25) is 0 Å². The number of non-ortho nitro benzene ring substituents is 1. The highest BCUT2D eigenvalue weighted by Gasteiger charge is 2.14. The lowest BCUT2D eigenvalue weighted by Gasteiger charge is -2.20. The quantitative estimate of drug-likeness (QED) is 0.646. The Labute approximate surface area is 124 Å². The van der Waals surface area contributed by atoms with E-state index in [1.54, 1.807) is 12.1 Å². The maximum absolute atomic E-state index is 10.6. The summed E-state index contributed by atoms with van der Waals surface area (Å²) in [6, 6.07) is 16.8. The van der Waals surface area contributed by atoms with Crippen LogP contribution in [0.3, 0.4) is 0 Å². The van der Waals surface area contributed by atoms with E-state index in [0.717, 1.165) is 24.0 Å². The Hall–Kier alpha value is -2.20. The fourth-order valence-corrected chi connectivity index (χ4v) is 2.36. The minimum Gasteiger partial charge on any atom is -0.324 e. The van der Waals surface area contributed by atoms with Gasteiger partial charge in [-0.1, -0.05) is 49.4 Å². The van der Waals surface area contributed by atoms with Crippen LogP contribution in [-0.4, -0.2) is 4.92 Å². The third-order valence-corrected chi connectivity index (χ3v) is 3.83. The Bertz CT molecular complexity index is 581. The van der Waals surface area contributed by atoms with Gasteiger partial charge in [-0.15, -0.1) is 0 Å². The first kappa shape index (κ1) is 15.2. The van der Waals surface area contributed by atoms with E-state index in [0.29, 0.717) is 5.92 Å². The topological polar surface area (TPSA) is 69.2 Å². The smallest absolute Gasteiger partial charge is 0.269 e. The molecule has 2 N–H and O–H groups in total. The molecule has 0 aliphatic heterocycles. The van der Waals surface area contributed by atoms with Crippen LogP contribution in [0.4, 0.5) is 5.69 Å². The molecule has 2 aromatic carbocycles. The van der Waals surface area contributed by atoms with Crippen LogP contribution in [0.25, 0.3) is 0 Å². The first-order chi connectivity index (χ1) is 10.1. The summed E-state index contributed by atoms with van der Waals surface area (Å²) in [4.78, 5) is 10.2. The largest absolute Gasteiger partial charge is 0.324 e. The predicted molar refractivity (Wildman–Crippen MR) is 84.0 cm³/mol. The summed E-state index contributed by atoms with van der Waals surface area (Å²) in [7, 11) is 0.